The molecule has 0 saturated carbocycles. The lowest BCUT2D eigenvalue weighted by atomic mass is 9.93. The molecule has 0 bridgehead atoms. The molecule has 0 N–H and O–H groups in total. The Hall–Kier alpha value is -2.95. The summed E-state index contributed by atoms with van der Waals surface area (Å²) in [5.41, 5.74) is 3.33. The predicted octanol–water partition coefficient (Wildman–Crippen LogP) is 3.54. The Labute approximate surface area is 140 Å². The summed E-state index contributed by atoms with van der Waals surface area (Å²) in [6.07, 6.45) is 0.475. The van der Waals surface area contributed by atoms with E-state index in [0.29, 0.717) is 6.42 Å². The summed E-state index contributed by atoms with van der Waals surface area (Å²) in [5, 5.41) is 10.1. The zero-order chi connectivity index (χ0) is 16.5. The van der Waals surface area contributed by atoms with Gasteiger partial charge in [0.25, 0.3) is 5.91 Å². The van der Waals surface area contributed by atoms with Gasteiger partial charge in [-0.05, 0) is 24.6 Å². The maximum Gasteiger partial charge on any atom is 0.262 e. The Bertz CT molecular complexity index is 815. The van der Waals surface area contributed by atoms with Crippen LogP contribution in [-0.2, 0) is 9.63 Å². The van der Waals surface area contributed by atoms with Crippen molar-refractivity contribution in [1.29, 1.82) is 0 Å². The first-order valence-electron chi connectivity index (χ1n) is 7.95. The first-order valence-corrected chi connectivity index (χ1v) is 7.95. The molecule has 1 amide bonds. The topological polar surface area (TPSA) is 54.3 Å². The molecule has 0 aliphatic carbocycles. The van der Waals surface area contributed by atoms with Crippen molar-refractivity contribution < 1.29 is 9.63 Å². The van der Waals surface area contributed by atoms with Crippen molar-refractivity contribution in [3.8, 4) is 0 Å². The number of carbonyl (C=O) groups is 1. The van der Waals surface area contributed by atoms with Gasteiger partial charge in [-0.2, -0.15) is 10.1 Å². The van der Waals surface area contributed by atoms with Crippen molar-refractivity contribution >= 4 is 23.0 Å². The van der Waals surface area contributed by atoms with Crippen molar-refractivity contribution in [2.75, 3.05) is 5.01 Å². The summed E-state index contributed by atoms with van der Waals surface area (Å²) < 4.78 is 0. The highest BCUT2D eigenvalue weighted by Gasteiger charge is 2.41. The fourth-order valence-corrected chi connectivity index (χ4v) is 3.12. The summed E-state index contributed by atoms with van der Waals surface area (Å²) >= 11 is 0. The molecule has 2 heterocycles. The summed E-state index contributed by atoms with van der Waals surface area (Å²) in [4.78, 5) is 18.4. The highest BCUT2D eigenvalue weighted by atomic mass is 16.6. The van der Waals surface area contributed by atoms with Crippen LogP contribution in [0.2, 0.25) is 0 Å². The molecule has 0 spiro atoms. The minimum atomic E-state index is -0.432. The van der Waals surface area contributed by atoms with Crippen LogP contribution in [0, 0.1) is 5.92 Å². The molecule has 24 heavy (non-hydrogen) atoms. The number of oxime groups is 1. The molecule has 0 radical (unpaired) electrons. The zero-order valence-electron chi connectivity index (χ0n) is 13.3. The molecule has 0 fully saturated rings. The van der Waals surface area contributed by atoms with Crippen LogP contribution in [0.4, 0.5) is 5.69 Å². The molecule has 2 atom stereocenters. The number of rotatable bonds is 3. The Morgan fingerprint density at radius 2 is 1.71 bits per heavy atom. The number of carbonyl (C=O) groups excluding carboxylic acids is 1. The van der Waals surface area contributed by atoms with Gasteiger partial charge in [-0.25, -0.2) is 0 Å². The summed E-state index contributed by atoms with van der Waals surface area (Å²) in [6, 6.07) is 19.4. The molecular formula is C19H17N3O2. The van der Waals surface area contributed by atoms with E-state index in [2.05, 4.69) is 10.3 Å². The van der Waals surface area contributed by atoms with E-state index >= 15 is 0 Å². The van der Waals surface area contributed by atoms with Crippen molar-refractivity contribution in [3.05, 3.63) is 66.2 Å². The van der Waals surface area contributed by atoms with Crippen LogP contribution >= 0.6 is 0 Å². The Morgan fingerprint density at radius 1 is 1.04 bits per heavy atom. The molecule has 120 valence electrons. The molecule has 2 aliphatic rings. The van der Waals surface area contributed by atoms with Gasteiger partial charge in [0, 0.05) is 6.42 Å². The molecule has 0 aromatic heterocycles. The lowest BCUT2D eigenvalue weighted by Gasteiger charge is -2.14. The molecule has 2 aromatic carbocycles. The predicted molar refractivity (Wildman–Crippen MR) is 92.8 cm³/mol. The van der Waals surface area contributed by atoms with Gasteiger partial charge in [0.2, 0.25) is 0 Å². The monoisotopic (exact) mass is 319 g/mol. The van der Waals surface area contributed by atoms with E-state index in [1.807, 2.05) is 67.6 Å². The van der Waals surface area contributed by atoms with Crippen molar-refractivity contribution in [2.45, 2.75) is 19.4 Å². The van der Waals surface area contributed by atoms with E-state index in [-0.39, 0.29) is 12.0 Å². The third kappa shape index (κ3) is 2.48. The van der Waals surface area contributed by atoms with Crippen LogP contribution in [0.5, 0.6) is 0 Å². The standard InChI is InChI=1S/C19H17N3O2/c1-13-18(19(23)22(20-13)15-10-6-3-7-11-15)16-12-17(24-21-16)14-8-4-2-5-9-14/h2-11,17-18H,12H2,1H3. The number of nitrogens with zero attached hydrogens (tertiary/aromatic N) is 3. The molecular weight excluding hydrogens is 302 g/mol. The van der Waals surface area contributed by atoms with Gasteiger partial charge in [0.05, 0.1) is 17.1 Å². The molecule has 2 aliphatic heterocycles. The normalized spacial score (nSPS) is 23.0. The highest BCUT2D eigenvalue weighted by Crippen LogP contribution is 2.33. The lowest BCUT2D eigenvalue weighted by Crippen LogP contribution is -2.32. The van der Waals surface area contributed by atoms with E-state index in [1.165, 1.54) is 5.01 Å². The number of benzene rings is 2. The van der Waals surface area contributed by atoms with Crippen molar-refractivity contribution in [2.24, 2.45) is 16.2 Å². The SMILES string of the molecule is CC1=NN(c2ccccc2)C(=O)C1C1=NOC(c2ccccc2)C1. The van der Waals surface area contributed by atoms with E-state index in [9.17, 15) is 4.79 Å². The number of anilines is 1. The van der Waals surface area contributed by atoms with Gasteiger partial charge in [0.1, 0.15) is 5.92 Å². The molecule has 5 heteroatoms. The highest BCUT2D eigenvalue weighted by molar-refractivity contribution is 6.28. The van der Waals surface area contributed by atoms with Crippen LogP contribution < -0.4 is 5.01 Å². The molecule has 0 saturated heterocycles. The Kier molecular flexibility index (Phi) is 3.61. The third-order valence-corrected chi connectivity index (χ3v) is 4.33. The van der Waals surface area contributed by atoms with Gasteiger partial charge in [0.15, 0.2) is 6.10 Å². The minimum absolute atomic E-state index is 0.0743. The maximum atomic E-state index is 12.8. The second-order valence-corrected chi connectivity index (χ2v) is 5.95. The van der Waals surface area contributed by atoms with Crippen molar-refractivity contribution in [1.82, 2.24) is 0 Å². The smallest absolute Gasteiger partial charge is 0.262 e. The molecule has 2 unspecified atom stereocenters. The lowest BCUT2D eigenvalue weighted by molar-refractivity contribution is -0.118. The average Bonchev–Trinajstić information content (AvgIpc) is 3.21. The summed E-state index contributed by atoms with van der Waals surface area (Å²) in [6.45, 7) is 1.86. The van der Waals surface area contributed by atoms with Crippen LogP contribution in [0.1, 0.15) is 25.0 Å². The number of hydrogen-bond donors (Lipinski definition) is 0. The molecule has 4 rings (SSSR count). The second kappa shape index (κ2) is 5.92. The van der Waals surface area contributed by atoms with Crippen LogP contribution in [-0.4, -0.2) is 17.3 Å². The zero-order valence-corrected chi connectivity index (χ0v) is 13.3. The number of para-hydroxylation sites is 1. The Morgan fingerprint density at radius 3 is 2.42 bits per heavy atom. The van der Waals surface area contributed by atoms with Crippen LogP contribution in [0.15, 0.2) is 70.9 Å². The second-order valence-electron chi connectivity index (χ2n) is 5.95. The number of hydrogen-bond acceptors (Lipinski definition) is 4. The van der Waals surface area contributed by atoms with Gasteiger partial charge in [-0.3, -0.25) is 4.79 Å². The van der Waals surface area contributed by atoms with E-state index < -0.39 is 5.92 Å². The average molecular weight is 319 g/mol. The fraction of sp³-hybridized carbons (Fsp3) is 0.211. The van der Waals surface area contributed by atoms with E-state index in [4.69, 9.17) is 4.84 Å². The van der Waals surface area contributed by atoms with E-state index in [0.717, 1.165) is 22.7 Å². The van der Waals surface area contributed by atoms with Gasteiger partial charge in [-0.1, -0.05) is 53.7 Å². The minimum Gasteiger partial charge on any atom is -0.387 e. The third-order valence-electron chi connectivity index (χ3n) is 4.33. The van der Waals surface area contributed by atoms with Crippen LogP contribution in [0.3, 0.4) is 0 Å². The molecule has 2 aromatic rings. The quantitative estimate of drug-likeness (QED) is 0.869. The summed E-state index contributed by atoms with van der Waals surface area (Å²) in [7, 11) is 0. The first-order chi connectivity index (χ1) is 11.7. The van der Waals surface area contributed by atoms with Crippen molar-refractivity contribution in [3.63, 3.8) is 0 Å². The van der Waals surface area contributed by atoms with Gasteiger partial charge >= 0.3 is 0 Å². The van der Waals surface area contributed by atoms with Gasteiger partial charge < -0.3 is 4.84 Å². The number of hydrazone groups is 1. The fourth-order valence-electron chi connectivity index (χ4n) is 3.12. The largest absolute Gasteiger partial charge is 0.387 e. The number of amides is 1. The Balaban J connectivity index is 1.54. The maximum absolute atomic E-state index is 12.8. The van der Waals surface area contributed by atoms with Gasteiger partial charge in [-0.15, -0.1) is 0 Å². The summed E-state index contributed by atoms with van der Waals surface area (Å²) in [5.74, 6) is -0.506. The first kappa shape index (κ1) is 14.6. The molecule has 5 nitrogen and oxygen atoms in total. The van der Waals surface area contributed by atoms with Crippen LogP contribution in [0.25, 0.3) is 0 Å². The van der Waals surface area contributed by atoms with E-state index in [1.54, 1.807) is 0 Å².